The van der Waals surface area contributed by atoms with Gasteiger partial charge in [0.25, 0.3) is 5.56 Å². The van der Waals surface area contributed by atoms with Crippen molar-refractivity contribution in [3.8, 4) is 6.07 Å². The third kappa shape index (κ3) is 3.06. The number of hydrogen-bond acceptors (Lipinski definition) is 6. The fourth-order valence-corrected chi connectivity index (χ4v) is 3.08. The fourth-order valence-electron chi connectivity index (χ4n) is 3.08. The number of rotatable bonds is 3. The highest BCUT2D eigenvalue weighted by Gasteiger charge is 2.21. The maximum absolute atomic E-state index is 12.6. The number of carbonyl (C=O) groups is 1. The summed E-state index contributed by atoms with van der Waals surface area (Å²) in [6, 6.07) is 9.37. The second-order valence-corrected chi connectivity index (χ2v) is 6.23. The van der Waals surface area contributed by atoms with Gasteiger partial charge in [0.15, 0.2) is 0 Å². The molecule has 2 aromatic heterocycles. The Bertz CT molecular complexity index is 1170. The number of aryl methyl sites for hydroxylation is 2. The molecule has 136 valence electrons. The molecule has 27 heavy (non-hydrogen) atoms. The van der Waals surface area contributed by atoms with Crippen molar-refractivity contribution in [3.63, 3.8) is 0 Å². The van der Waals surface area contributed by atoms with Crippen molar-refractivity contribution in [3.05, 3.63) is 68.3 Å². The highest BCUT2D eigenvalue weighted by molar-refractivity contribution is 5.98. The second-order valence-electron chi connectivity index (χ2n) is 6.23. The molecule has 7 nitrogen and oxygen atoms in total. The molecule has 7 heteroatoms. The first-order chi connectivity index (χ1) is 12.9. The summed E-state index contributed by atoms with van der Waals surface area (Å²) in [7, 11) is 1.30. The Morgan fingerprint density at radius 3 is 2.59 bits per heavy atom. The smallest absolute Gasteiger partial charge is 0.340 e. The Balaban J connectivity index is 2.27. The number of methoxy groups -OCH3 is 1. The van der Waals surface area contributed by atoms with E-state index in [0.717, 1.165) is 10.9 Å². The lowest BCUT2D eigenvalue weighted by molar-refractivity contribution is 0.0598. The number of esters is 1. The van der Waals surface area contributed by atoms with Crippen LogP contribution >= 0.6 is 0 Å². The zero-order valence-corrected chi connectivity index (χ0v) is 15.5. The molecule has 2 heterocycles. The molecule has 0 N–H and O–H groups in total. The predicted octanol–water partition coefficient (Wildman–Crippen LogP) is 2.42. The summed E-state index contributed by atoms with van der Waals surface area (Å²) >= 11 is 0. The average Bonchev–Trinajstić information content (AvgIpc) is 2.66. The summed E-state index contributed by atoms with van der Waals surface area (Å²) in [5, 5.41) is 14.4. The minimum Gasteiger partial charge on any atom is -0.465 e. The Kier molecular flexibility index (Phi) is 4.74. The number of aromatic nitrogens is 3. The zero-order chi connectivity index (χ0) is 19.7. The summed E-state index contributed by atoms with van der Waals surface area (Å²) in [6.07, 6.45) is 0. The van der Waals surface area contributed by atoms with Gasteiger partial charge in [-0.25, -0.2) is 14.5 Å². The van der Waals surface area contributed by atoms with Gasteiger partial charge in [-0.3, -0.25) is 4.79 Å². The number of pyridine rings is 1. The van der Waals surface area contributed by atoms with E-state index in [2.05, 4.69) is 10.1 Å². The van der Waals surface area contributed by atoms with Crippen LogP contribution in [0.4, 0.5) is 0 Å². The lowest BCUT2D eigenvalue weighted by Crippen LogP contribution is -2.29. The van der Waals surface area contributed by atoms with E-state index in [0.29, 0.717) is 28.0 Å². The minimum absolute atomic E-state index is 0.0370. The minimum atomic E-state index is -0.529. The van der Waals surface area contributed by atoms with Crippen LogP contribution in [0.1, 0.15) is 38.4 Å². The van der Waals surface area contributed by atoms with Crippen molar-refractivity contribution < 1.29 is 9.53 Å². The maximum atomic E-state index is 12.6. The summed E-state index contributed by atoms with van der Waals surface area (Å²) in [5.41, 5.74) is 2.76. The van der Waals surface area contributed by atoms with Crippen molar-refractivity contribution in [1.29, 1.82) is 5.26 Å². The van der Waals surface area contributed by atoms with Gasteiger partial charge in [-0.2, -0.15) is 10.4 Å². The van der Waals surface area contributed by atoms with Gasteiger partial charge in [-0.05, 0) is 38.0 Å². The highest BCUT2D eigenvalue weighted by atomic mass is 16.5. The Labute approximate surface area is 155 Å². The zero-order valence-electron chi connectivity index (χ0n) is 15.5. The fraction of sp³-hybridized carbons (Fsp3) is 0.250. The number of nitriles is 1. The Morgan fingerprint density at radius 2 is 1.93 bits per heavy atom. The number of fused-ring (bicyclic) bond motifs is 1. The van der Waals surface area contributed by atoms with Crippen molar-refractivity contribution in [2.75, 3.05) is 7.11 Å². The van der Waals surface area contributed by atoms with E-state index in [9.17, 15) is 14.9 Å². The van der Waals surface area contributed by atoms with Gasteiger partial charge in [0.1, 0.15) is 11.6 Å². The van der Waals surface area contributed by atoms with E-state index in [1.54, 1.807) is 13.8 Å². The second kappa shape index (κ2) is 7.00. The summed E-state index contributed by atoms with van der Waals surface area (Å²) in [5.74, 6) is -0.529. The molecule has 0 aliphatic carbocycles. The van der Waals surface area contributed by atoms with Gasteiger partial charge >= 0.3 is 5.97 Å². The van der Waals surface area contributed by atoms with Crippen LogP contribution in [0.2, 0.25) is 0 Å². The van der Waals surface area contributed by atoms with E-state index < -0.39 is 11.5 Å². The molecule has 0 unspecified atom stereocenters. The number of hydrogen-bond donors (Lipinski definition) is 0. The number of ether oxygens (including phenoxy) is 1. The summed E-state index contributed by atoms with van der Waals surface area (Å²) in [4.78, 5) is 29.6. The Hall–Kier alpha value is -3.53. The van der Waals surface area contributed by atoms with Crippen LogP contribution in [-0.4, -0.2) is 27.8 Å². The normalized spacial score (nSPS) is 10.6. The molecule has 0 spiro atoms. The van der Waals surface area contributed by atoms with Crippen LogP contribution in [-0.2, 0) is 11.3 Å². The third-order valence-electron chi connectivity index (χ3n) is 4.66. The number of carbonyl (C=O) groups excluding carboxylic acids is 1. The van der Waals surface area contributed by atoms with Gasteiger partial charge in [0.2, 0.25) is 0 Å². The average molecular weight is 362 g/mol. The standard InChI is InChI=1S/C20H18N4O3/c1-11-13(3)23-24(19(25)15(11)9-21)10-17-18(20(26)27-4)12(2)14-7-5-6-8-16(14)22-17/h5-8H,10H2,1-4H3. The molecule has 0 saturated carbocycles. The summed E-state index contributed by atoms with van der Waals surface area (Å²) in [6.45, 7) is 5.19. The molecule has 0 aliphatic heterocycles. The van der Waals surface area contributed by atoms with Crippen LogP contribution in [0.5, 0.6) is 0 Å². The van der Waals surface area contributed by atoms with E-state index in [-0.39, 0.29) is 12.1 Å². The van der Waals surface area contributed by atoms with Crippen LogP contribution in [0.25, 0.3) is 10.9 Å². The lowest BCUT2D eigenvalue weighted by atomic mass is 10.0. The van der Waals surface area contributed by atoms with E-state index in [1.165, 1.54) is 11.8 Å². The first-order valence-electron chi connectivity index (χ1n) is 8.34. The highest BCUT2D eigenvalue weighted by Crippen LogP contribution is 2.24. The number of benzene rings is 1. The van der Waals surface area contributed by atoms with Crippen LogP contribution in [0.15, 0.2) is 29.1 Å². The quantitative estimate of drug-likeness (QED) is 0.664. The molecule has 0 aliphatic rings. The SMILES string of the molecule is COC(=O)c1c(Cn2nc(C)c(C)c(C#N)c2=O)nc2ccccc2c1C. The molecular formula is C20H18N4O3. The first kappa shape index (κ1) is 18.3. The molecule has 0 radical (unpaired) electrons. The monoisotopic (exact) mass is 362 g/mol. The van der Waals surface area contributed by atoms with Crippen LogP contribution in [0, 0.1) is 32.1 Å². The predicted molar refractivity (Wildman–Crippen MR) is 99.6 cm³/mol. The number of nitrogens with zero attached hydrogens (tertiary/aromatic N) is 4. The van der Waals surface area contributed by atoms with E-state index in [1.807, 2.05) is 37.3 Å². The molecule has 0 atom stereocenters. The van der Waals surface area contributed by atoms with E-state index >= 15 is 0 Å². The molecule has 0 amide bonds. The molecule has 0 fully saturated rings. The van der Waals surface area contributed by atoms with E-state index in [4.69, 9.17) is 4.74 Å². The molecule has 3 aromatic rings. The Morgan fingerprint density at radius 1 is 1.22 bits per heavy atom. The van der Waals surface area contributed by atoms with Gasteiger partial charge in [-0.1, -0.05) is 18.2 Å². The third-order valence-corrected chi connectivity index (χ3v) is 4.66. The summed E-state index contributed by atoms with van der Waals surface area (Å²) < 4.78 is 6.09. The topological polar surface area (TPSA) is 97.9 Å². The van der Waals surface area contributed by atoms with Crippen molar-refractivity contribution >= 4 is 16.9 Å². The first-order valence-corrected chi connectivity index (χ1v) is 8.34. The van der Waals surface area contributed by atoms with Crippen molar-refractivity contribution in [1.82, 2.24) is 14.8 Å². The molecule has 3 rings (SSSR count). The van der Waals surface area contributed by atoms with Crippen LogP contribution < -0.4 is 5.56 Å². The van der Waals surface area contributed by atoms with Crippen molar-refractivity contribution in [2.45, 2.75) is 27.3 Å². The molecule has 1 aromatic carbocycles. The van der Waals surface area contributed by atoms with Gasteiger partial charge in [0, 0.05) is 5.39 Å². The van der Waals surface area contributed by atoms with Gasteiger partial charge in [0.05, 0.1) is 36.1 Å². The maximum Gasteiger partial charge on any atom is 0.340 e. The lowest BCUT2D eigenvalue weighted by Gasteiger charge is -2.14. The molecule has 0 bridgehead atoms. The van der Waals surface area contributed by atoms with Gasteiger partial charge in [-0.15, -0.1) is 0 Å². The van der Waals surface area contributed by atoms with Gasteiger partial charge < -0.3 is 4.74 Å². The van der Waals surface area contributed by atoms with Crippen molar-refractivity contribution in [2.24, 2.45) is 0 Å². The largest absolute Gasteiger partial charge is 0.465 e. The van der Waals surface area contributed by atoms with Crippen LogP contribution in [0.3, 0.4) is 0 Å². The molecule has 0 saturated heterocycles. The number of para-hydroxylation sites is 1. The molecular weight excluding hydrogens is 344 g/mol.